The molecule has 1 fully saturated rings. The molecule has 7 nitrogen and oxygen atoms in total. The van der Waals surface area contributed by atoms with Crippen LogP contribution >= 0.6 is 11.3 Å². The van der Waals surface area contributed by atoms with Crippen molar-refractivity contribution in [2.24, 2.45) is 0 Å². The van der Waals surface area contributed by atoms with Crippen LogP contribution in [-0.4, -0.2) is 59.0 Å². The summed E-state index contributed by atoms with van der Waals surface area (Å²) in [6, 6.07) is 5.56. The largest absolute Gasteiger partial charge is 0.485 e. The highest BCUT2D eigenvalue weighted by Crippen LogP contribution is 2.26. The van der Waals surface area contributed by atoms with Gasteiger partial charge in [-0.25, -0.2) is 13.8 Å². The van der Waals surface area contributed by atoms with Gasteiger partial charge in [0.2, 0.25) is 0 Å². The summed E-state index contributed by atoms with van der Waals surface area (Å²) < 4.78 is 39.5. The number of rotatable bonds is 7. The Balaban J connectivity index is 1.39. The predicted octanol–water partition coefficient (Wildman–Crippen LogP) is 4.00. The zero-order chi connectivity index (χ0) is 23.4. The molecular weight excluding hydrogens is 452 g/mol. The maximum atomic E-state index is 14.3. The third kappa shape index (κ3) is 5.23. The van der Waals surface area contributed by atoms with Crippen LogP contribution in [-0.2, 0) is 4.74 Å². The van der Waals surface area contributed by atoms with Gasteiger partial charge in [0.15, 0.2) is 23.2 Å². The zero-order valence-electron chi connectivity index (χ0n) is 17.8. The predicted molar refractivity (Wildman–Crippen MR) is 117 cm³/mol. The number of halogens is 2. The Bertz CT molecular complexity index is 1130. The topological polar surface area (TPSA) is 81.6 Å². The summed E-state index contributed by atoms with van der Waals surface area (Å²) in [5.41, 5.74) is 1.15. The molecule has 0 saturated carbocycles. The first kappa shape index (κ1) is 22.9. The van der Waals surface area contributed by atoms with Crippen LogP contribution in [0.15, 0.2) is 42.0 Å². The number of nitrogens with zero attached hydrogens (tertiary/aromatic N) is 3. The molecule has 1 aromatic carbocycles. The Labute approximate surface area is 193 Å². The lowest BCUT2D eigenvalue weighted by atomic mass is 10.1. The summed E-state index contributed by atoms with van der Waals surface area (Å²) in [7, 11) is 0. The maximum Gasteiger partial charge on any atom is 0.273 e. The Hall–Kier alpha value is -3.24. The van der Waals surface area contributed by atoms with Gasteiger partial charge < -0.3 is 14.4 Å². The molecule has 4 rings (SSSR count). The molecule has 1 amide bonds. The van der Waals surface area contributed by atoms with E-state index in [4.69, 9.17) is 9.47 Å². The number of carbonyl (C=O) groups is 2. The number of thiazole rings is 1. The molecule has 3 heterocycles. The van der Waals surface area contributed by atoms with Crippen molar-refractivity contribution in [2.45, 2.75) is 19.4 Å². The van der Waals surface area contributed by atoms with Gasteiger partial charge >= 0.3 is 0 Å². The number of amides is 1. The molecule has 1 saturated heterocycles. The first-order chi connectivity index (χ1) is 16.0. The highest BCUT2D eigenvalue weighted by atomic mass is 32.1. The van der Waals surface area contributed by atoms with Crippen LogP contribution < -0.4 is 4.74 Å². The molecule has 1 aliphatic heterocycles. The summed E-state index contributed by atoms with van der Waals surface area (Å²) >= 11 is 1.36. The second-order valence-corrected chi connectivity index (χ2v) is 8.23. The van der Waals surface area contributed by atoms with Crippen LogP contribution in [0.3, 0.4) is 0 Å². The van der Waals surface area contributed by atoms with E-state index in [1.165, 1.54) is 11.3 Å². The van der Waals surface area contributed by atoms with Crippen LogP contribution in [0.1, 0.15) is 34.2 Å². The van der Waals surface area contributed by atoms with E-state index in [9.17, 15) is 18.4 Å². The van der Waals surface area contributed by atoms with Gasteiger partial charge in [0.05, 0.1) is 13.2 Å². The lowest BCUT2D eigenvalue weighted by Crippen LogP contribution is -2.47. The minimum atomic E-state index is -0.957. The first-order valence-corrected chi connectivity index (χ1v) is 11.3. The minimum absolute atomic E-state index is 0.0417. The van der Waals surface area contributed by atoms with Gasteiger partial charge in [-0.2, -0.15) is 0 Å². The molecule has 172 valence electrons. The average molecular weight is 474 g/mol. The third-order valence-corrected chi connectivity index (χ3v) is 6.02. The normalized spacial score (nSPS) is 16.0. The van der Waals surface area contributed by atoms with Crippen LogP contribution in [0.4, 0.5) is 8.78 Å². The average Bonchev–Trinajstić information content (AvgIpc) is 3.33. The highest BCUT2D eigenvalue weighted by Gasteiger charge is 2.28. The van der Waals surface area contributed by atoms with E-state index in [1.54, 1.807) is 29.6 Å². The SMILES string of the molecule is CCC(=O)c1cc(F)c(OCC2CN(C(=O)c3csc(-c4ccncc4)n3)CCO2)c(F)c1. The van der Waals surface area contributed by atoms with Crippen LogP contribution in [0.5, 0.6) is 5.75 Å². The minimum Gasteiger partial charge on any atom is -0.485 e. The number of carbonyl (C=O) groups excluding carboxylic acids is 2. The van der Waals surface area contributed by atoms with Crippen LogP contribution in [0.25, 0.3) is 10.6 Å². The van der Waals surface area contributed by atoms with Gasteiger partial charge in [-0.1, -0.05) is 6.92 Å². The van der Waals surface area contributed by atoms with Crippen LogP contribution in [0.2, 0.25) is 0 Å². The molecule has 0 N–H and O–H groups in total. The number of morpholine rings is 1. The number of hydrogen-bond donors (Lipinski definition) is 0. The Kier molecular flexibility index (Phi) is 7.05. The van der Waals surface area contributed by atoms with Crippen molar-refractivity contribution in [1.82, 2.24) is 14.9 Å². The Morgan fingerprint density at radius 3 is 2.67 bits per heavy atom. The number of benzene rings is 1. The lowest BCUT2D eigenvalue weighted by molar-refractivity contribution is -0.0411. The van der Waals surface area contributed by atoms with Crippen molar-refractivity contribution in [3.63, 3.8) is 0 Å². The lowest BCUT2D eigenvalue weighted by Gasteiger charge is -2.32. The molecule has 1 aliphatic rings. The van der Waals surface area contributed by atoms with Crippen molar-refractivity contribution in [1.29, 1.82) is 0 Å². The van der Waals surface area contributed by atoms with Gasteiger partial charge in [-0.3, -0.25) is 14.6 Å². The fraction of sp³-hybridized carbons (Fsp3) is 0.304. The summed E-state index contributed by atoms with van der Waals surface area (Å²) in [5.74, 6) is -3.10. The van der Waals surface area contributed by atoms with Crippen molar-refractivity contribution in [3.8, 4) is 16.3 Å². The molecule has 0 radical (unpaired) electrons. The van der Waals surface area contributed by atoms with E-state index in [0.29, 0.717) is 17.2 Å². The summed E-state index contributed by atoms with van der Waals surface area (Å²) in [4.78, 5) is 34.6. The molecule has 0 spiro atoms. The molecule has 1 atom stereocenters. The number of Topliss-reactive ketones (excluding diaryl/α,β-unsaturated/α-hetero) is 1. The number of aromatic nitrogens is 2. The molecule has 3 aromatic rings. The van der Waals surface area contributed by atoms with Gasteiger partial charge in [-0.05, 0) is 24.3 Å². The number of ether oxygens (including phenoxy) is 2. The van der Waals surface area contributed by atoms with Gasteiger partial charge in [-0.15, -0.1) is 11.3 Å². The molecule has 0 bridgehead atoms. The molecule has 1 unspecified atom stereocenters. The summed E-state index contributed by atoms with van der Waals surface area (Å²) in [6.07, 6.45) is 2.89. The van der Waals surface area contributed by atoms with Crippen LogP contribution in [0, 0.1) is 11.6 Å². The van der Waals surface area contributed by atoms with E-state index in [1.807, 2.05) is 12.1 Å². The highest BCUT2D eigenvalue weighted by molar-refractivity contribution is 7.13. The summed E-state index contributed by atoms with van der Waals surface area (Å²) in [6.45, 7) is 2.28. The Morgan fingerprint density at radius 2 is 1.97 bits per heavy atom. The molecular formula is C23H21F2N3O4S. The zero-order valence-corrected chi connectivity index (χ0v) is 18.6. The second-order valence-electron chi connectivity index (χ2n) is 7.37. The second kappa shape index (κ2) is 10.1. The van der Waals surface area contributed by atoms with E-state index < -0.39 is 23.5 Å². The van der Waals surface area contributed by atoms with Crippen molar-refractivity contribution >= 4 is 23.0 Å². The van der Waals surface area contributed by atoms with Gasteiger partial charge in [0.25, 0.3) is 5.91 Å². The van der Waals surface area contributed by atoms with Gasteiger partial charge in [0.1, 0.15) is 23.4 Å². The van der Waals surface area contributed by atoms with Crippen molar-refractivity contribution in [3.05, 3.63) is 64.9 Å². The number of hydrogen-bond acceptors (Lipinski definition) is 7. The van der Waals surface area contributed by atoms with Gasteiger partial charge in [0, 0.05) is 41.9 Å². The van der Waals surface area contributed by atoms with E-state index in [0.717, 1.165) is 17.7 Å². The quantitative estimate of drug-likeness (QED) is 0.483. The fourth-order valence-corrected chi connectivity index (χ4v) is 4.20. The fourth-order valence-electron chi connectivity index (χ4n) is 3.40. The molecule has 10 heteroatoms. The number of ketones is 1. The number of pyridine rings is 1. The molecule has 0 aliphatic carbocycles. The smallest absolute Gasteiger partial charge is 0.273 e. The van der Waals surface area contributed by atoms with E-state index in [-0.39, 0.29) is 43.4 Å². The molecule has 2 aromatic heterocycles. The van der Waals surface area contributed by atoms with E-state index in [2.05, 4.69) is 9.97 Å². The monoisotopic (exact) mass is 473 g/mol. The third-order valence-electron chi connectivity index (χ3n) is 5.13. The maximum absolute atomic E-state index is 14.3. The standard InChI is InChI=1S/C23H21F2N3O4S/c1-2-20(29)15-9-17(24)21(18(25)10-15)32-12-16-11-28(7-8-31-16)23(30)19-13-33-22(27-19)14-3-5-26-6-4-14/h3-6,9-10,13,16H,2,7-8,11-12H2,1H3. The first-order valence-electron chi connectivity index (χ1n) is 10.4. The van der Waals surface area contributed by atoms with Crippen molar-refractivity contribution in [2.75, 3.05) is 26.3 Å². The van der Waals surface area contributed by atoms with Crippen molar-refractivity contribution < 1.29 is 27.8 Å². The summed E-state index contributed by atoms with van der Waals surface area (Å²) in [5, 5.41) is 2.41. The van der Waals surface area contributed by atoms with E-state index >= 15 is 0 Å². The molecule has 33 heavy (non-hydrogen) atoms. The Morgan fingerprint density at radius 1 is 1.24 bits per heavy atom.